The Balaban J connectivity index is 1.94. The van der Waals surface area contributed by atoms with Gasteiger partial charge in [-0.2, -0.15) is 0 Å². The smallest absolute Gasteiger partial charge is 0.165 e. The van der Waals surface area contributed by atoms with Crippen molar-refractivity contribution in [1.82, 2.24) is 0 Å². The van der Waals surface area contributed by atoms with E-state index in [1.54, 1.807) is 24.3 Å². The first-order valence-corrected chi connectivity index (χ1v) is 6.55. The molecule has 3 nitrogen and oxygen atoms in total. The molecule has 2 atom stereocenters. The summed E-state index contributed by atoms with van der Waals surface area (Å²) in [7, 11) is 0. The van der Waals surface area contributed by atoms with Crippen LogP contribution in [-0.2, 0) is 0 Å². The molecule has 3 rings (SSSR count). The summed E-state index contributed by atoms with van der Waals surface area (Å²) in [5.41, 5.74) is 1.20. The third-order valence-electron chi connectivity index (χ3n) is 3.38. The zero-order valence-electron chi connectivity index (χ0n) is 10.4. The van der Waals surface area contributed by atoms with Crippen LogP contribution in [0.5, 0.6) is 11.5 Å². The number of ether oxygens (including phenoxy) is 1. The van der Waals surface area contributed by atoms with E-state index in [4.69, 9.17) is 16.3 Å². The van der Waals surface area contributed by atoms with Gasteiger partial charge in [0.05, 0.1) is 6.10 Å². The van der Waals surface area contributed by atoms with E-state index >= 15 is 0 Å². The minimum Gasteiger partial charge on any atom is -0.505 e. The SMILES string of the molecule is Oc1ccc(C2CC(O)c3cc(Cl)ccc3O2)cc1F. The average Bonchev–Trinajstić information content (AvgIpc) is 2.42. The van der Waals surface area contributed by atoms with Crippen LogP contribution in [0.25, 0.3) is 0 Å². The standard InChI is InChI=1S/C15H12ClFO3/c16-9-2-4-14-10(6-9)13(19)7-15(20-14)8-1-3-12(18)11(17)5-8/h1-6,13,15,18-19H,7H2. The number of phenols is 1. The molecule has 2 unspecified atom stereocenters. The van der Waals surface area contributed by atoms with Crippen LogP contribution < -0.4 is 4.74 Å². The molecular weight excluding hydrogens is 283 g/mol. The molecule has 1 aliphatic heterocycles. The molecule has 2 aromatic carbocycles. The summed E-state index contributed by atoms with van der Waals surface area (Å²) in [6.45, 7) is 0. The Kier molecular flexibility index (Phi) is 3.28. The second-order valence-electron chi connectivity index (χ2n) is 4.75. The van der Waals surface area contributed by atoms with Crippen LogP contribution in [0, 0.1) is 5.82 Å². The van der Waals surface area contributed by atoms with Gasteiger partial charge in [0.15, 0.2) is 11.6 Å². The summed E-state index contributed by atoms with van der Waals surface area (Å²) in [5, 5.41) is 19.9. The van der Waals surface area contributed by atoms with Crippen molar-refractivity contribution < 1.29 is 19.3 Å². The van der Waals surface area contributed by atoms with Crippen molar-refractivity contribution in [2.75, 3.05) is 0 Å². The van der Waals surface area contributed by atoms with Crippen LogP contribution in [0.3, 0.4) is 0 Å². The van der Waals surface area contributed by atoms with Crippen LogP contribution in [0.4, 0.5) is 4.39 Å². The van der Waals surface area contributed by atoms with Gasteiger partial charge in [0.1, 0.15) is 11.9 Å². The predicted molar refractivity (Wildman–Crippen MR) is 72.5 cm³/mol. The molecule has 1 heterocycles. The van der Waals surface area contributed by atoms with E-state index in [1.165, 1.54) is 12.1 Å². The Morgan fingerprint density at radius 1 is 1.20 bits per heavy atom. The molecule has 0 amide bonds. The Morgan fingerprint density at radius 3 is 2.75 bits per heavy atom. The molecule has 0 spiro atoms. The van der Waals surface area contributed by atoms with Gasteiger partial charge in [-0.05, 0) is 35.9 Å². The molecule has 2 N–H and O–H groups in total. The highest BCUT2D eigenvalue weighted by Gasteiger charge is 2.28. The van der Waals surface area contributed by atoms with Crippen molar-refractivity contribution >= 4 is 11.6 Å². The summed E-state index contributed by atoms with van der Waals surface area (Å²) in [4.78, 5) is 0. The summed E-state index contributed by atoms with van der Waals surface area (Å²) in [6, 6.07) is 9.09. The van der Waals surface area contributed by atoms with E-state index < -0.39 is 23.8 Å². The minimum absolute atomic E-state index is 0.303. The van der Waals surface area contributed by atoms with Gasteiger partial charge in [0.25, 0.3) is 0 Å². The Morgan fingerprint density at radius 2 is 2.00 bits per heavy atom. The number of aliphatic hydroxyl groups excluding tert-OH is 1. The summed E-state index contributed by atoms with van der Waals surface area (Å²) in [5.74, 6) is -0.577. The third kappa shape index (κ3) is 2.32. The molecule has 104 valence electrons. The van der Waals surface area contributed by atoms with Crippen molar-refractivity contribution in [1.29, 1.82) is 0 Å². The molecule has 0 aliphatic carbocycles. The van der Waals surface area contributed by atoms with Gasteiger partial charge in [-0.1, -0.05) is 17.7 Å². The molecule has 0 fully saturated rings. The maximum Gasteiger partial charge on any atom is 0.165 e. The topological polar surface area (TPSA) is 49.7 Å². The molecule has 5 heteroatoms. The maximum atomic E-state index is 13.4. The monoisotopic (exact) mass is 294 g/mol. The van der Waals surface area contributed by atoms with Crippen molar-refractivity contribution in [2.24, 2.45) is 0 Å². The highest BCUT2D eigenvalue weighted by atomic mass is 35.5. The van der Waals surface area contributed by atoms with Crippen molar-refractivity contribution in [2.45, 2.75) is 18.6 Å². The zero-order valence-corrected chi connectivity index (χ0v) is 11.1. The predicted octanol–water partition coefficient (Wildman–Crippen LogP) is 3.74. The van der Waals surface area contributed by atoms with E-state index in [-0.39, 0.29) is 0 Å². The van der Waals surface area contributed by atoms with E-state index in [0.717, 1.165) is 0 Å². The van der Waals surface area contributed by atoms with E-state index in [0.29, 0.717) is 28.3 Å². The molecule has 0 saturated heterocycles. The molecule has 20 heavy (non-hydrogen) atoms. The molecular formula is C15H12ClFO3. The van der Waals surface area contributed by atoms with Crippen LogP contribution in [-0.4, -0.2) is 10.2 Å². The lowest BCUT2D eigenvalue weighted by atomic mass is 9.95. The van der Waals surface area contributed by atoms with Crippen molar-refractivity contribution in [3.63, 3.8) is 0 Å². The van der Waals surface area contributed by atoms with Gasteiger partial charge in [0, 0.05) is 17.0 Å². The quantitative estimate of drug-likeness (QED) is 0.842. The number of benzene rings is 2. The number of hydrogen-bond donors (Lipinski definition) is 2. The molecule has 0 radical (unpaired) electrons. The Labute approximate surface area is 120 Å². The van der Waals surface area contributed by atoms with Crippen molar-refractivity contribution in [3.05, 3.63) is 58.4 Å². The van der Waals surface area contributed by atoms with Gasteiger partial charge in [0.2, 0.25) is 0 Å². The van der Waals surface area contributed by atoms with E-state index in [9.17, 15) is 14.6 Å². The lowest BCUT2D eigenvalue weighted by Crippen LogP contribution is -2.19. The second kappa shape index (κ2) is 4.96. The number of halogens is 2. The first kappa shape index (κ1) is 13.2. The maximum absolute atomic E-state index is 13.4. The van der Waals surface area contributed by atoms with Gasteiger partial charge in [-0.15, -0.1) is 0 Å². The van der Waals surface area contributed by atoms with Gasteiger partial charge >= 0.3 is 0 Å². The fourth-order valence-corrected chi connectivity index (χ4v) is 2.53. The van der Waals surface area contributed by atoms with Crippen LogP contribution in [0.15, 0.2) is 36.4 Å². The number of aliphatic hydroxyl groups is 1. The minimum atomic E-state index is -0.723. The molecule has 1 aliphatic rings. The highest BCUT2D eigenvalue weighted by molar-refractivity contribution is 6.30. The largest absolute Gasteiger partial charge is 0.505 e. The highest BCUT2D eigenvalue weighted by Crippen LogP contribution is 2.42. The first-order valence-electron chi connectivity index (χ1n) is 6.17. The molecule has 2 aromatic rings. The third-order valence-corrected chi connectivity index (χ3v) is 3.62. The summed E-state index contributed by atoms with van der Waals surface area (Å²) in [6.07, 6.45) is -0.884. The van der Waals surface area contributed by atoms with E-state index in [1.807, 2.05) is 0 Å². The normalized spacial score (nSPS) is 21.1. The van der Waals surface area contributed by atoms with Gasteiger partial charge in [-0.25, -0.2) is 4.39 Å². The average molecular weight is 295 g/mol. The molecule has 0 saturated carbocycles. The van der Waals surface area contributed by atoms with Crippen LogP contribution in [0.2, 0.25) is 5.02 Å². The fourth-order valence-electron chi connectivity index (χ4n) is 2.35. The van der Waals surface area contributed by atoms with Gasteiger partial charge < -0.3 is 14.9 Å². The van der Waals surface area contributed by atoms with Gasteiger partial charge in [-0.3, -0.25) is 0 Å². The summed E-state index contributed by atoms with van der Waals surface area (Å²) < 4.78 is 19.2. The number of rotatable bonds is 1. The zero-order chi connectivity index (χ0) is 14.3. The lowest BCUT2D eigenvalue weighted by molar-refractivity contribution is 0.0656. The number of hydrogen-bond acceptors (Lipinski definition) is 3. The Hall–Kier alpha value is -1.78. The second-order valence-corrected chi connectivity index (χ2v) is 5.19. The first-order chi connectivity index (χ1) is 9.54. The summed E-state index contributed by atoms with van der Waals surface area (Å²) >= 11 is 5.89. The fraction of sp³-hybridized carbons (Fsp3) is 0.200. The molecule has 0 bridgehead atoms. The van der Waals surface area contributed by atoms with Crippen LogP contribution >= 0.6 is 11.6 Å². The van der Waals surface area contributed by atoms with Crippen molar-refractivity contribution in [3.8, 4) is 11.5 Å². The lowest BCUT2D eigenvalue weighted by Gasteiger charge is -2.30. The Bertz CT molecular complexity index is 660. The molecule has 0 aromatic heterocycles. The number of phenolic OH excluding ortho intramolecular Hbond substituents is 1. The van der Waals surface area contributed by atoms with Crippen LogP contribution in [0.1, 0.15) is 29.8 Å². The van der Waals surface area contributed by atoms with E-state index in [2.05, 4.69) is 0 Å². The number of fused-ring (bicyclic) bond motifs is 1. The number of aromatic hydroxyl groups is 1.